The van der Waals surface area contributed by atoms with Crippen molar-refractivity contribution in [2.45, 2.75) is 42.9 Å². The van der Waals surface area contributed by atoms with Crippen molar-refractivity contribution in [1.82, 2.24) is 0 Å². The first-order chi connectivity index (χ1) is 12.4. The Hall–Kier alpha value is 0.548. The van der Waals surface area contributed by atoms with Crippen molar-refractivity contribution in [2.75, 3.05) is 56.9 Å². The van der Waals surface area contributed by atoms with Crippen LogP contribution in [-0.2, 0) is 35.4 Å². The summed E-state index contributed by atoms with van der Waals surface area (Å²) in [6.07, 6.45) is 0. The number of hydrogen-bond acceptors (Lipinski definition) is 8. The van der Waals surface area contributed by atoms with Gasteiger partial charge in [-0.1, -0.05) is 0 Å². The van der Waals surface area contributed by atoms with Crippen LogP contribution < -0.4 is 0 Å². The van der Waals surface area contributed by atoms with Gasteiger partial charge in [0.2, 0.25) is 0 Å². The van der Waals surface area contributed by atoms with E-state index < -0.39 is 38.9 Å². The lowest BCUT2D eigenvalue weighted by Gasteiger charge is -2.54. The van der Waals surface area contributed by atoms with Gasteiger partial charge in [-0.15, -0.1) is 0 Å². The highest BCUT2D eigenvalue weighted by Gasteiger charge is 2.68. The van der Waals surface area contributed by atoms with E-state index in [1.807, 2.05) is 0 Å². The van der Waals surface area contributed by atoms with Gasteiger partial charge in [-0.25, -0.2) is 0 Å². The molecule has 0 aliphatic carbocycles. The second-order valence-corrected chi connectivity index (χ2v) is 22.6. The smallest absolute Gasteiger partial charge is 0.420 e. The van der Waals surface area contributed by atoms with Crippen LogP contribution in [0.2, 0.25) is 42.9 Å². The summed E-state index contributed by atoms with van der Waals surface area (Å²) < 4.78 is 46.7. The van der Waals surface area contributed by atoms with Gasteiger partial charge in [-0.3, -0.25) is 0 Å². The maximum absolute atomic E-state index is 6.15. The van der Waals surface area contributed by atoms with Gasteiger partial charge in [0.25, 0.3) is 0 Å². The standard InChI is InChI=1S/C15H40O8Si4/c1-16-24(9,10)15(25(11,12)17-2,13-26(18-3,19-4)20-5)14-27(21-6,22-7)23-8/h13-14H2,1-12H3. The Morgan fingerprint density at radius 3 is 0.815 bits per heavy atom. The third-order valence-electron chi connectivity index (χ3n) is 6.23. The van der Waals surface area contributed by atoms with E-state index in [0.717, 1.165) is 0 Å². The van der Waals surface area contributed by atoms with Crippen LogP contribution in [-0.4, -0.2) is 91.1 Å². The molecule has 0 radical (unpaired) electrons. The molecule has 0 aliphatic heterocycles. The van der Waals surface area contributed by atoms with Crippen molar-refractivity contribution >= 4 is 34.2 Å². The highest BCUT2D eigenvalue weighted by Crippen LogP contribution is 2.58. The fourth-order valence-corrected chi connectivity index (χ4v) is 24.1. The van der Waals surface area contributed by atoms with E-state index in [4.69, 9.17) is 35.4 Å². The van der Waals surface area contributed by atoms with Gasteiger partial charge in [-0.2, -0.15) is 0 Å². The summed E-state index contributed by atoms with van der Waals surface area (Å²) in [7, 11) is 2.50. The highest BCUT2D eigenvalue weighted by molar-refractivity contribution is 6.97. The Kier molecular flexibility index (Phi) is 10.8. The molecular weight excluding hydrogens is 421 g/mol. The fourth-order valence-electron chi connectivity index (χ4n) is 3.70. The molecule has 0 fully saturated rings. The first-order valence-corrected chi connectivity index (χ1v) is 18.5. The SMILES string of the molecule is CO[Si](CC(C[Si](OC)(OC)OC)([Si](C)(C)OC)[Si](C)(C)OC)(OC)OC. The largest absolute Gasteiger partial charge is 0.500 e. The van der Waals surface area contributed by atoms with Crippen molar-refractivity contribution in [3.63, 3.8) is 0 Å². The first-order valence-electron chi connectivity index (χ1n) is 8.81. The second-order valence-electron chi connectivity index (χ2n) is 7.46. The second kappa shape index (κ2) is 10.5. The van der Waals surface area contributed by atoms with Crippen LogP contribution in [0.4, 0.5) is 0 Å². The zero-order valence-corrected chi connectivity index (χ0v) is 23.2. The summed E-state index contributed by atoms with van der Waals surface area (Å²) in [5, 5.41) is 0. The summed E-state index contributed by atoms with van der Waals surface area (Å²) in [6.45, 7) is 8.73. The first kappa shape index (κ1) is 27.5. The van der Waals surface area contributed by atoms with Crippen LogP contribution in [0, 0.1) is 0 Å². The molecule has 0 unspecified atom stereocenters. The molecule has 0 saturated heterocycles. The molecule has 0 spiro atoms. The summed E-state index contributed by atoms with van der Waals surface area (Å²) in [4.78, 5) is 0. The van der Waals surface area contributed by atoms with E-state index >= 15 is 0 Å². The molecule has 0 bridgehead atoms. The molecule has 27 heavy (non-hydrogen) atoms. The predicted molar refractivity (Wildman–Crippen MR) is 115 cm³/mol. The minimum Gasteiger partial charge on any atom is -0.420 e. The van der Waals surface area contributed by atoms with Crippen molar-refractivity contribution < 1.29 is 35.4 Å². The summed E-state index contributed by atoms with van der Waals surface area (Å²) >= 11 is 0. The molecule has 0 aromatic heterocycles. The van der Waals surface area contributed by atoms with E-state index in [1.165, 1.54) is 0 Å². The Balaban J connectivity index is 6.80. The van der Waals surface area contributed by atoms with Crippen LogP contribution in [0.3, 0.4) is 0 Å². The maximum Gasteiger partial charge on any atom is 0.500 e. The zero-order chi connectivity index (χ0) is 21.6. The fraction of sp³-hybridized carbons (Fsp3) is 1.00. The minimum absolute atomic E-state index is 0.425. The summed E-state index contributed by atoms with van der Waals surface area (Å²) in [5.41, 5.74) is 0. The van der Waals surface area contributed by atoms with Crippen LogP contribution in [0.5, 0.6) is 0 Å². The molecule has 8 nitrogen and oxygen atoms in total. The number of hydrogen-bond donors (Lipinski definition) is 0. The molecule has 12 heteroatoms. The van der Waals surface area contributed by atoms with E-state index in [2.05, 4.69) is 26.2 Å². The van der Waals surface area contributed by atoms with Crippen molar-refractivity contribution in [2.24, 2.45) is 0 Å². The maximum atomic E-state index is 6.15. The van der Waals surface area contributed by atoms with Crippen LogP contribution >= 0.6 is 0 Å². The third kappa shape index (κ3) is 5.38. The van der Waals surface area contributed by atoms with Gasteiger partial charge >= 0.3 is 17.6 Å². The molecule has 164 valence electrons. The quantitative estimate of drug-likeness (QED) is 0.366. The van der Waals surface area contributed by atoms with Gasteiger partial charge < -0.3 is 35.4 Å². The minimum atomic E-state index is -2.98. The molecule has 0 N–H and O–H groups in total. The number of rotatable bonds is 14. The predicted octanol–water partition coefficient (Wildman–Crippen LogP) is 2.73. The average Bonchev–Trinajstić information content (AvgIpc) is 2.69. The van der Waals surface area contributed by atoms with E-state index in [0.29, 0.717) is 12.1 Å². The van der Waals surface area contributed by atoms with Crippen molar-refractivity contribution in [3.05, 3.63) is 0 Å². The molecule has 0 atom stereocenters. The molecule has 0 saturated carbocycles. The molecule has 0 heterocycles. The van der Waals surface area contributed by atoms with E-state index in [-0.39, 0.29) is 0 Å². The van der Waals surface area contributed by atoms with E-state index in [9.17, 15) is 0 Å². The molecule has 0 amide bonds. The van der Waals surface area contributed by atoms with Gasteiger partial charge in [0.15, 0.2) is 16.6 Å². The molecular formula is C15H40O8Si4. The van der Waals surface area contributed by atoms with Gasteiger partial charge in [0.1, 0.15) is 0 Å². The van der Waals surface area contributed by atoms with Gasteiger partial charge in [-0.05, 0) is 26.2 Å². The summed E-state index contributed by atoms with van der Waals surface area (Å²) in [5.74, 6) is 0. The lowest BCUT2D eigenvalue weighted by molar-refractivity contribution is 0.109. The summed E-state index contributed by atoms with van der Waals surface area (Å²) in [6, 6.07) is 1.07. The van der Waals surface area contributed by atoms with Crippen molar-refractivity contribution in [1.29, 1.82) is 0 Å². The topological polar surface area (TPSA) is 73.8 Å². The zero-order valence-electron chi connectivity index (χ0n) is 19.2. The van der Waals surface area contributed by atoms with Gasteiger partial charge in [0.05, 0.1) is 0 Å². The highest BCUT2D eigenvalue weighted by atomic mass is 28.4. The molecule has 0 aromatic rings. The van der Waals surface area contributed by atoms with Crippen LogP contribution in [0.15, 0.2) is 0 Å². The van der Waals surface area contributed by atoms with Crippen molar-refractivity contribution in [3.8, 4) is 0 Å². The normalized spacial score (nSPS) is 14.7. The Morgan fingerprint density at radius 1 is 0.444 bits per heavy atom. The van der Waals surface area contributed by atoms with Crippen LogP contribution in [0.25, 0.3) is 0 Å². The Bertz CT molecular complexity index is 385. The van der Waals surface area contributed by atoms with Crippen LogP contribution in [0.1, 0.15) is 0 Å². The Labute approximate surface area is 169 Å². The molecule has 0 rings (SSSR count). The lowest BCUT2D eigenvalue weighted by Crippen LogP contribution is -2.66. The van der Waals surface area contributed by atoms with E-state index in [1.54, 1.807) is 56.9 Å². The third-order valence-corrected chi connectivity index (χ3v) is 24.4. The lowest BCUT2D eigenvalue weighted by atomic mass is 10.5. The monoisotopic (exact) mass is 460 g/mol. The molecule has 0 aliphatic rings. The average molecular weight is 461 g/mol. The van der Waals surface area contributed by atoms with Gasteiger partial charge in [0, 0.05) is 73.6 Å². The molecule has 0 aromatic carbocycles. The Morgan fingerprint density at radius 2 is 0.667 bits per heavy atom.